The molecule has 80 heavy (non-hydrogen) atoms. The van der Waals surface area contributed by atoms with Gasteiger partial charge in [0.1, 0.15) is 13.2 Å². The van der Waals surface area contributed by atoms with E-state index in [1.807, 2.05) is 27.2 Å². The minimum Gasteiger partial charge on any atom is -0.756 e. The predicted molar refractivity (Wildman–Crippen MR) is 347 cm³/mol. The second kappa shape index (κ2) is 59.7. The maximum Gasteiger partial charge on any atom is 0.268 e. The fraction of sp³-hybridized carbons (Fsp3) is 0.620. The van der Waals surface area contributed by atoms with E-state index in [-0.39, 0.29) is 18.9 Å². The number of rotatable bonds is 56. The Morgan fingerprint density at radius 3 is 1.16 bits per heavy atom. The first-order valence-corrected chi connectivity index (χ1v) is 33.3. The molecule has 0 bridgehead atoms. The van der Waals surface area contributed by atoms with Crippen molar-refractivity contribution in [3.63, 3.8) is 0 Å². The molecular weight excluding hydrogens is 1010 g/mol. The Balaban J connectivity index is 4.37. The molecule has 0 aliphatic carbocycles. The molecule has 0 aliphatic heterocycles. The molecule has 0 saturated carbocycles. The first kappa shape index (κ1) is 76.1. The van der Waals surface area contributed by atoms with Gasteiger partial charge in [0.15, 0.2) is 0 Å². The molecule has 2 N–H and O–H groups in total. The van der Waals surface area contributed by atoms with Crippen molar-refractivity contribution in [3.05, 3.63) is 158 Å². The number of unbranched alkanes of at least 4 members (excludes halogenated alkanes) is 19. The van der Waals surface area contributed by atoms with Crippen LogP contribution in [0.3, 0.4) is 0 Å². The first-order valence-electron chi connectivity index (χ1n) is 31.8. The van der Waals surface area contributed by atoms with Crippen molar-refractivity contribution in [2.75, 3.05) is 40.9 Å². The van der Waals surface area contributed by atoms with Crippen molar-refractivity contribution >= 4 is 13.7 Å². The van der Waals surface area contributed by atoms with Gasteiger partial charge in [0.05, 0.1) is 39.9 Å². The number of hydrogen-bond donors (Lipinski definition) is 2. The summed E-state index contributed by atoms with van der Waals surface area (Å²) in [5, 5.41) is 13.9. The lowest BCUT2D eigenvalue weighted by atomic mass is 10.0. The minimum absolute atomic E-state index is 0.0268. The van der Waals surface area contributed by atoms with Gasteiger partial charge in [-0.2, -0.15) is 0 Å². The van der Waals surface area contributed by atoms with E-state index in [2.05, 4.69) is 165 Å². The zero-order valence-corrected chi connectivity index (χ0v) is 52.6. The molecule has 0 aliphatic rings. The first-order chi connectivity index (χ1) is 39.0. The van der Waals surface area contributed by atoms with Gasteiger partial charge in [-0.05, 0) is 122 Å². The van der Waals surface area contributed by atoms with Crippen LogP contribution < -0.4 is 10.2 Å². The van der Waals surface area contributed by atoms with Crippen LogP contribution in [0, 0.1) is 0 Å². The van der Waals surface area contributed by atoms with Crippen molar-refractivity contribution in [1.82, 2.24) is 5.32 Å². The summed E-state index contributed by atoms with van der Waals surface area (Å²) in [6.45, 7) is 4.46. The summed E-state index contributed by atoms with van der Waals surface area (Å²) < 4.78 is 23.3. The van der Waals surface area contributed by atoms with E-state index in [1.54, 1.807) is 6.08 Å². The molecular formula is C71H119N2O6P. The summed E-state index contributed by atoms with van der Waals surface area (Å²) >= 11 is 0. The third-order valence-corrected chi connectivity index (χ3v) is 14.2. The molecule has 9 heteroatoms. The normalized spacial score (nSPS) is 14.8. The van der Waals surface area contributed by atoms with Crippen molar-refractivity contribution in [1.29, 1.82) is 0 Å². The van der Waals surface area contributed by atoms with E-state index in [4.69, 9.17) is 9.05 Å². The Bertz CT molecular complexity index is 1860. The molecule has 0 saturated heterocycles. The average Bonchev–Trinajstić information content (AvgIpc) is 3.42. The van der Waals surface area contributed by atoms with Gasteiger partial charge in [-0.25, -0.2) is 0 Å². The number of carbonyl (C=O) groups is 1. The number of likely N-dealkylation sites (N-methyl/N-ethyl adjacent to an activating group) is 1. The summed E-state index contributed by atoms with van der Waals surface area (Å²) in [4.78, 5) is 25.5. The molecule has 0 radical (unpaired) electrons. The zero-order valence-electron chi connectivity index (χ0n) is 51.7. The summed E-state index contributed by atoms with van der Waals surface area (Å²) in [7, 11) is 1.18. The molecule has 0 aromatic heterocycles. The van der Waals surface area contributed by atoms with Gasteiger partial charge in [0.2, 0.25) is 5.91 Å². The van der Waals surface area contributed by atoms with Gasteiger partial charge in [-0.15, -0.1) is 0 Å². The highest BCUT2D eigenvalue weighted by Gasteiger charge is 2.23. The molecule has 0 aromatic carbocycles. The topological polar surface area (TPSA) is 108 Å². The van der Waals surface area contributed by atoms with Crippen LogP contribution in [0.1, 0.15) is 232 Å². The maximum absolute atomic E-state index is 13.0. The Morgan fingerprint density at radius 2 is 0.775 bits per heavy atom. The van der Waals surface area contributed by atoms with Crippen molar-refractivity contribution in [2.24, 2.45) is 0 Å². The summed E-state index contributed by atoms with van der Waals surface area (Å²) in [6.07, 6.45) is 93.5. The van der Waals surface area contributed by atoms with E-state index in [0.29, 0.717) is 23.9 Å². The van der Waals surface area contributed by atoms with Crippen molar-refractivity contribution < 1.29 is 32.9 Å². The minimum atomic E-state index is -4.64. The fourth-order valence-corrected chi connectivity index (χ4v) is 8.99. The molecule has 0 spiro atoms. The van der Waals surface area contributed by atoms with E-state index in [1.165, 1.54) is 103 Å². The molecule has 0 rings (SSSR count). The van der Waals surface area contributed by atoms with Gasteiger partial charge in [-0.3, -0.25) is 9.36 Å². The van der Waals surface area contributed by atoms with E-state index < -0.39 is 26.6 Å². The second-order valence-electron chi connectivity index (χ2n) is 22.0. The van der Waals surface area contributed by atoms with Crippen LogP contribution in [0.2, 0.25) is 0 Å². The monoisotopic (exact) mass is 1130 g/mol. The number of aliphatic hydroxyl groups is 1. The van der Waals surface area contributed by atoms with E-state index in [9.17, 15) is 19.4 Å². The summed E-state index contributed by atoms with van der Waals surface area (Å²) in [5.74, 6) is -0.259. The van der Waals surface area contributed by atoms with E-state index >= 15 is 0 Å². The zero-order chi connectivity index (χ0) is 58.4. The Kier molecular flexibility index (Phi) is 56.8. The van der Waals surface area contributed by atoms with Gasteiger partial charge in [0, 0.05) is 6.42 Å². The van der Waals surface area contributed by atoms with Gasteiger partial charge in [0.25, 0.3) is 7.82 Å². The predicted octanol–water partition coefficient (Wildman–Crippen LogP) is 19.6. The van der Waals surface area contributed by atoms with Crippen LogP contribution in [0.25, 0.3) is 0 Å². The lowest BCUT2D eigenvalue weighted by molar-refractivity contribution is -0.870. The molecule has 3 unspecified atom stereocenters. The number of allylic oxidation sites excluding steroid dienone is 25. The average molecular weight is 1130 g/mol. The lowest BCUT2D eigenvalue weighted by Crippen LogP contribution is -2.45. The smallest absolute Gasteiger partial charge is 0.268 e. The number of phosphoric acid groups is 1. The molecule has 3 atom stereocenters. The molecule has 0 heterocycles. The Hall–Kier alpha value is -3.88. The Labute approximate surface area is 492 Å². The Morgan fingerprint density at radius 1 is 0.450 bits per heavy atom. The number of quaternary nitrogens is 1. The highest BCUT2D eigenvalue weighted by atomic mass is 31.2. The van der Waals surface area contributed by atoms with Crippen LogP contribution >= 0.6 is 7.82 Å². The van der Waals surface area contributed by atoms with Gasteiger partial charge < -0.3 is 28.8 Å². The number of hydrogen-bond acceptors (Lipinski definition) is 6. The van der Waals surface area contributed by atoms with Crippen LogP contribution in [0.15, 0.2) is 158 Å². The second-order valence-corrected chi connectivity index (χ2v) is 23.4. The van der Waals surface area contributed by atoms with Crippen LogP contribution in [0.5, 0.6) is 0 Å². The number of nitrogens with zero attached hydrogens (tertiary/aromatic N) is 1. The maximum atomic E-state index is 13.0. The van der Waals surface area contributed by atoms with Crippen LogP contribution in [0.4, 0.5) is 0 Å². The molecule has 0 fully saturated rings. The van der Waals surface area contributed by atoms with E-state index in [0.717, 1.165) is 96.3 Å². The van der Waals surface area contributed by atoms with Crippen LogP contribution in [-0.2, 0) is 18.4 Å². The number of phosphoric ester groups is 1. The highest BCUT2D eigenvalue weighted by Crippen LogP contribution is 2.38. The van der Waals surface area contributed by atoms with Crippen LogP contribution in [-0.4, -0.2) is 68.5 Å². The number of carbonyl (C=O) groups excluding carboxylic acids is 1. The highest BCUT2D eigenvalue weighted by molar-refractivity contribution is 7.45. The molecule has 454 valence electrons. The van der Waals surface area contributed by atoms with Crippen molar-refractivity contribution in [3.8, 4) is 0 Å². The summed E-state index contributed by atoms with van der Waals surface area (Å²) in [5.41, 5.74) is 0. The molecule has 8 nitrogen and oxygen atoms in total. The number of nitrogens with one attached hydrogen (secondary N) is 1. The standard InChI is InChI=1S/C71H119N2O6P/c1-6-8-10-12-14-16-18-20-22-24-26-28-30-32-33-34-35-36-37-38-39-41-43-45-47-49-51-53-55-57-59-61-63-65-71(75)72-69(68-79-80(76,77)78-67-66-73(3,4)5)70(74)64-62-60-58-56-54-52-50-48-46-44-42-40-31-29-27-25-23-21-19-17-15-13-11-9-7-2/h8,10,14,16,20,22,26,28,32-33,35-36,38-39,43,45-46,48-49,51,54-57,62,64,69-70,74H,6-7,9,11-13,15,17-19,21,23-25,27,29-31,34,37,40-42,44,47,50,52-53,58-61,63,65-68H2,1-5H3,(H-,72,75,76,77)/b10-8-,16-14-,22-20-,28-26-,33-32-,36-35-,39-38-,45-43-,48-46+,51-49-,56-54+,57-55-,64-62+. The fourth-order valence-electron chi connectivity index (χ4n) is 8.27. The quantitative estimate of drug-likeness (QED) is 0.0272. The molecule has 1 amide bonds. The number of aliphatic hydroxyl groups excluding tert-OH is 1. The largest absolute Gasteiger partial charge is 0.756 e. The lowest BCUT2D eigenvalue weighted by Gasteiger charge is -2.29. The van der Waals surface area contributed by atoms with Gasteiger partial charge in [-0.1, -0.05) is 262 Å². The molecule has 0 aromatic rings. The van der Waals surface area contributed by atoms with Gasteiger partial charge >= 0.3 is 0 Å². The summed E-state index contributed by atoms with van der Waals surface area (Å²) in [6, 6.07) is -0.947. The third-order valence-electron chi connectivity index (χ3n) is 13.2. The SMILES string of the molecule is CC/C=C\C/C=C\C/C=C\C/C=C\C/C=C\C/C=C\C/C=C\C/C=C\C/C=C\C/C=C\CCCCC(=O)NC(COP(=O)([O-])OCC[N+](C)(C)C)C(O)/C=C/CC/C=C/CC/C=C/CCCCCCCCCCCCCCCCC. The number of amides is 1. The third kappa shape index (κ3) is 61.7. The van der Waals surface area contributed by atoms with Crippen molar-refractivity contribution in [2.45, 2.75) is 244 Å².